The molecule has 0 saturated carbocycles. The largest absolute Gasteiger partial charge is 0.378 e. The highest BCUT2D eigenvalue weighted by Crippen LogP contribution is 2.18. The first-order valence-electron chi connectivity index (χ1n) is 7.14. The quantitative estimate of drug-likeness (QED) is 0.741. The molecule has 1 aliphatic heterocycles. The highest BCUT2D eigenvalue weighted by molar-refractivity contribution is 4.79. The van der Waals surface area contributed by atoms with Crippen LogP contribution in [0.25, 0.3) is 0 Å². The van der Waals surface area contributed by atoms with Gasteiger partial charge in [0.15, 0.2) is 0 Å². The second-order valence-corrected chi connectivity index (χ2v) is 5.66. The Kier molecular flexibility index (Phi) is 7.09. The van der Waals surface area contributed by atoms with Crippen LogP contribution in [0.2, 0.25) is 0 Å². The van der Waals surface area contributed by atoms with Gasteiger partial charge in [-0.15, -0.1) is 0 Å². The Bertz CT molecular complexity index is 195. The third-order valence-corrected chi connectivity index (χ3v) is 3.51. The van der Waals surface area contributed by atoms with E-state index in [1.807, 2.05) is 0 Å². The molecular weight excluding hydrogens is 212 g/mol. The lowest BCUT2D eigenvalue weighted by Gasteiger charge is -2.32. The Labute approximate surface area is 107 Å². The first kappa shape index (κ1) is 14.9. The van der Waals surface area contributed by atoms with Crippen molar-refractivity contribution < 1.29 is 4.74 Å². The number of hydrogen-bond acceptors (Lipinski definition) is 3. The summed E-state index contributed by atoms with van der Waals surface area (Å²) in [6.45, 7) is 6.63. The van der Waals surface area contributed by atoms with Gasteiger partial charge < -0.3 is 15.0 Å². The minimum atomic E-state index is 0.493. The Balaban J connectivity index is 2.20. The molecule has 0 aromatic carbocycles. The van der Waals surface area contributed by atoms with Crippen molar-refractivity contribution in [3.05, 3.63) is 0 Å². The summed E-state index contributed by atoms with van der Waals surface area (Å²) in [5.74, 6) is 0. The van der Waals surface area contributed by atoms with Gasteiger partial charge in [-0.1, -0.05) is 13.3 Å². The van der Waals surface area contributed by atoms with Crippen molar-refractivity contribution >= 4 is 0 Å². The smallest absolute Gasteiger partial charge is 0.0589 e. The summed E-state index contributed by atoms with van der Waals surface area (Å²) >= 11 is 0. The molecule has 3 heteroatoms. The zero-order chi connectivity index (χ0) is 12.7. The van der Waals surface area contributed by atoms with E-state index in [1.165, 1.54) is 32.1 Å². The lowest BCUT2D eigenvalue weighted by molar-refractivity contribution is -0.00490. The zero-order valence-corrected chi connectivity index (χ0v) is 12.0. The minimum Gasteiger partial charge on any atom is -0.378 e. The van der Waals surface area contributed by atoms with E-state index >= 15 is 0 Å². The molecule has 1 rings (SSSR count). The van der Waals surface area contributed by atoms with Gasteiger partial charge in [0.25, 0.3) is 0 Å². The van der Waals surface area contributed by atoms with Crippen LogP contribution < -0.4 is 5.32 Å². The molecule has 0 bridgehead atoms. The van der Waals surface area contributed by atoms with Crippen molar-refractivity contribution in [1.82, 2.24) is 10.2 Å². The normalized spacial score (nSPS) is 27.4. The van der Waals surface area contributed by atoms with Gasteiger partial charge in [0.05, 0.1) is 6.10 Å². The molecule has 3 atom stereocenters. The van der Waals surface area contributed by atoms with E-state index in [0.717, 1.165) is 13.2 Å². The van der Waals surface area contributed by atoms with Gasteiger partial charge >= 0.3 is 0 Å². The van der Waals surface area contributed by atoms with Gasteiger partial charge in [0.1, 0.15) is 0 Å². The van der Waals surface area contributed by atoms with Crippen LogP contribution in [0.5, 0.6) is 0 Å². The summed E-state index contributed by atoms with van der Waals surface area (Å²) in [4.78, 5) is 2.25. The summed E-state index contributed by atoms with van der Waals surface area (Å²) in [5, 5.41) is 3.76. The monoisotopic (exact) mass is 242 g/mol. The Morgan fingerprint density at radius 3 is 2.82 bits per heavy atom. The number of nitrogens with zero attached hydrogens (tertiary/aromatic N) is 1. The molecule has 3 unspecified atom stereocenters. The summed E-state index contributed by atoms with van der Waals surface area (Å²) < 4.78 is 5.78. The average Bonchev–Trinajstić information content (AvgIpc) is 2.27. The highest BCUT2D eigenvalue weighted by atomic mass is 16.5. The van der Waals surface area contributed by atoms with Crippen molar-refractivity contribution in [3.8, 4) is 0 Å². The van der Waals surface area contributed by atoms with Crippen molar-refractivity contribution in [3.63, 3.8) is 0 Å². The van der Waals surface area contributed by atoms with Gasteiger partial charge in [-0.3, -0.25) is 0 Å². The lowest BCUT2D eigenvalue weighted by atomic mass is 9.99. The van der Waals surface area contributed by atoms with E-state index < -0.39 is 0 Å². The molecule has 1 N–H and O–H groups in total. The van der Waals surface area contributed by atoms with Crippen LogP contribution in [0.15, 0.2) is 0 Å². The summed E-state index contributed by atoms with van der Waals surface area (Å²) in [6.07, 6.45) is 6.53. The highest BCUT2D eigenvalue weighted by Gasteiger charge is 2.22. The molecule has 0 aromatic heterocycles. The van der Waals surface area contributed by atoms with Crippen LogP contribution in [-0.4, -0.2) is 50.3 Å². The van der Waals surface area contributed by atoms with E-state index in [-0.39, 0.29) is 0 Å². The van der Waals surface area contributed by atoms with Crippen LogP contribution in [0, 0.1) is 0 Å². The van der Waals surface area contributed by atoms with E-state index in [9.17, 15) is 0 Å². The fourth-order valence-electron chi connectivity index (χ4n) is 2.49. The van der Waals surface area contributed by atoms with Crippen molar-refractivity contribution in [2.45, 2.75) is 64.1 Å². The Morgan fingerprint density at radius 1 is 1.41 bits per heavy atom. The van der Waals surface area contributed by atoms with Gasteiger partial charge in [-0.25, -0.2) is 0 Å². The second kappa shape index (κ2) is 8.06. The maximum atomic E-state index is 5.78. The van der Waals surface area contributed by atoms with Crippen LogP contribution in [0.4, 0.5) is 0 Å². The molecule has 1 fully saturated rings. The van der Waals surface area contributed by atoms with Gasteiger partial charge in [0, 0.05) is 18.7 Å². The molecule has 3 nitrogen and oxygen atoms in total. The van der Waals surface area contributed by atoms with Crippen molar-refractivity contribution in [2.24, 2.45) is 0 Å². The fraction of sp³-hybridized carbons (Fsp3) is 1.00. The molecule has 1 aliphatic rings. The van der Waals surface area contributed by atoms with Gasteiger partial charge in [-0.2, -0.15) is 0 Å². The summed E-state index contributed by atoms with van der Waals surface area (Å²) in [6, 6.07) is 1.28. The fourth-order valence-corrected chi connectivity index (χ4v) is 2.49. The Hall–Kier alpha value is -0.120. The van der Waals surface area contributed by atoms with E-state index in [4.69, 9.17) is 4.74 Å². The third-order valence-electron chi connectivity index (χ3n) is 3.51. The second-order valence-electron chi connectivity index (χ2n) is 5.66. The zero-order valence-electron chi connectivity index (χ0n) is 12.0. The SMILES string of the molecule is CCCC1CC(NC(C)CCN(C)C)CCO1. The molecular formula is C14H30N2O. The molecule has 0 aliphatic carbocycles. The molecule has 102 valence electrons. The van der Waals surface area contributed by atoms with E-state index in [2.05, 4.69) is 38.2 Å². The van der Waals surface area contributed by atoms with Crippen molar-refractivity contribution in [2.75, 3.05) is 27.2 Å². The maximum Gasteiger partial charge on any atom is 0.0589 e. The van der Waals surface area contributed by atoms with Crippen LogP contribution in [-0.2, 0) is 4.74 Å². The average molecular weight is 242 g/mol. The van der Waals surface area contributed by atoms with Crippen molar-refractivity contribution in [1.29, 1.82) is 0 Å². The molecule has 0 spiro atoms. The van der Waals surface area contributed by atoms with Crippen LogP contribution in [0.1, 0.15) is 46.0 Å². The maximum absolute atomic E-state index is 5.78. The first-order chi connectivity index (χ1) is 8.11. The predicted octanol–water partition coefficient (Wildman–Crippen LogP) is 2.26. The molecule has 0 radical (unpaired) electrons. The minimum absolute atomic E-state index is 0.493. The number of nitrogens with one attached hydrogen (secondary N) is 1. The first-order valence-corrected chi connectivity index (χ1v) is 7.14. The lowest BCUT2D eigenvalue weighted by Crippen LogP contribution is -2.43. The molecule has 1 heterocycles. The summed E-state index contributed by atoms with van der Waals surface area (Å²) in [5.41, 5.74) is 0. The third kappa shape index (κ3) is 6.39. The van der Waals surface area contributed by atoms with E-state index in [1.54, 1.807) is 0 Å². The Morgan fingerprint density at radius 2 is 2.18 bits per heavy atom. The van der Waals surface area contributed by atoms with Gasteiger partial charge in [-0.05, 0) is 53.2 Å². The van der Waals surface area contributed by atoms with Crippen LogP contribution in [0.3, 0.4) is 0 Å². The summed E-state index contributed by atoms with van der Waals surface area (Å²) in [7, 11) is 4.27. The van der Waals surface area contributed by atoms with Crippen LogP contribution >= 0.6 is 0 Å². The number of hydrogen-bond donors (Lipinski definition) is 1. The molecule has 0 amide bonds. The predicted molar refractivity (Wildman–Crippen MR) is 73.4 cm³/mol. The molecule has 0 aromatic rings. The number of ether oxygens (including phenoxy) is 1. The standard InChI is InChI=1S/C14H30N2O/c1-5-6-14-11-13(8-10-17-14)15-12(2)7-9-16(3)4/h12-15H,5-11H2,1-4H3. The molecule has 1 saturated heterocycles. The topological polar surface area (TPSA) is 24.5 Å². The molecule has 17 heavy (non-hydrogen) atoms. The van der Waals surface area contributed by atoms with E-state index in [0.29, 0.717) is 18.2 Å². The number of rotatable bonds is 7. The van der Waals surface area contributed by atoms with Gasteiger partial charge in [0.2, 0.25) is 0 Å².